The van der Waals surface area contributed by atoms with Crippen molar-refractivity contribution < 1.29 is 29.2 Å². The van der Waals surface area contributed by atoms with Crippen LogP contribution in [0.4, 0.5) is 5.13 Å². The summed E-state index contributed by atoms with van der Waals surface area (Å²) >= 11 is 2.41. The van der Waals surface area contributed by atoms with Crippen LogP contribution in [0.5, 0.6) is 0 Å². The molecule has 0 aromatic carbocycles. The number of carboxylic acid groups (broad SMARTS) is 1. The molecular formula is C15H16N6O6S2. The maximum absolute atomic E-state index is 12.6. The highest BCUT2D eigenvalue weighted by molar-refractivity contribution is 8.00. The Morgan fingerprint density at radius 3 is 2.79 bits per heavy atom. The van der Waals surface area contributed by atoms with E-state index in [1.807, 2.05) is 0 Å². The summed E-state index contributed by atoms with van der Waals surface area (Å²) in [6.45, 7) is 0. The lowest BCUT2D eigenvalue weighted by Gasteiger charge is -2.49. The quantitative estimate of drug-likeness (QED) is 0.286. The largest absolute Gasteiger partial charge is 0.477 e. The Hall–Kier alpha value is -3.13. The number of carbonyl (C=O) groups excluding carboxylic acids is 2. The fraction of sp³-hybridized carbons (Fsp3) is 0.333. The van der Waals surface area contributed by atoms with Crippen LogP contribution in [0.25, 0.3) is 0 Å². The van der Waals surface area contributed by atoms with Gasteiger partial charge in [-0.05, 0) is 0 Å². The van der Waals surface area contributed by atoms with Gasteiger partial charge in [-0.1, -0.05) is 10.3 Å². The van der Waals surface area contributed by atoms with Gasteiger partial charge < -0.3 is 25.8 Å². The molecule has 2 aliphatic rings. The van der Waals surface area contributed by atoms with Crippen molar-refractivity contribution in [2.75, 3.05) is 25.7 Å². The summed E-state index contributed by atoms with van der Waals surface area (Å²) in [6, 6.07) is -0.930. The third-order valence-corrected chi connectivity index (χ3v) is 5.94. The second-order valence-corrected chi connectivity index (χ2v) is 7.65. The predicted molar refractivity (Wildman–Crippen MR) is 105 cm³/mol. The molecular weight excluding hydrogens is 424 g/mol. The molecule has 2 aliphatic heterocycles. The third kappa shape index (κ3) is 3.88. The fourth-order valence-electron chi connectivity index (χ4n) is 2.76. The Morgan fingerprint density at radius 2 is 2.21 bits per heavy atom. The van der Waals surface area contributed by atoms with Gasteiger partial charge in [0.15, 0.2) is 10.8 Å². The second-order valence-electron chi connectivity index (χ2n) is 5.65. The van der Waals surface area contributed by atoms with Crippen molar-refractivity contribution >= 4 is 57.9 Å². The Kier molecular flexibility index (Phi) is 6.03. The van der Waals surface area contributed by atoms with Crippen LogP contribution in [0.15, 0.2) is 27.0 Å². The number of hydrogen-bond acceptors (Lipinski definition) is 11. The molecule has 1 aromatic rings. The number of nitrogens with two attached hydrogens (primary N) is 1. The van der Waals surface area contributed by atoms with Crippen LogP contribution >= 0.6 is 23.1 Å². The summed E-state index contributed by atoms with van der Waals surface area (Å²) in [4.78, 5) is 51.3. The number of amides is 2. The topological polar surface area (TPSA) is 169 Å². The molecule has 0 spiro atoms. The molecule has 1 saturated heterocycles. The zero-order chi connectivity index (χ0) is 21.1. The number of carbonyl (C=O) groups is 3. The lowest BCUT2D eigenvalue weighted by atomic mass is 10.0. The molecule has 0 aliphatic carbocycles. The van der Waals surface area contributed by atoms with E-state index >= 15 is 0 Å². The van der Waals surface area contributed by atoms with Crippen molar-refractivity contribution in [3.63, 3.8) is 0 Å². The summed E-state index contributed by atoms with van der Waals surface area (Å²) in [5, 5.41) is 20.5. The normalized spacial score (nSPS) is 21.7. The van der Waals surface area contributed by atoms with Gasteiger partial charge in [0.2, 0.25) is 0 Å². The van der Waals surface area contributed by atoms with Gasteiger partial charge in [0.25, 0.3) is 11.8 Å². The van der Waals surface area contributed by atoms with E-state index in [-0.39, 0.29) is 28.0 Å². The van der Waals surface area contributed by atoms with Crippen molar-refractivity contribution in [1.82, 2.24) is 15.2 Å². The predicted octanol–water partition coefficient (Wildman–Crippen LogP) is -0.553. The number of nitrogen functional groups attached to an aromatic ring is 1. The summed E-state index contributed by atoms with van der Waals surface area (Å²) < 4.78 is 0. The van der Waals surface area contributed by atoms with Crippen LogP contribution < -0.4 is 11.1 Å². The number of fused-ring (bicyclic) bond motifs is 1. The number of β-lactam (4-membered cyclic amide) rings is 1. The van der Waals surface area contributed by atoms with E-state index in [0.717, 1.165) is 16.2 Å². The fourth-order valence-corrected chi connectivity index (χ4v) is 4.61. The van der Waals surface area contributed by atoms with Crippen molar-refractivity contribution in [3.8, 4) is 0 Å². The first-order chi connectivity index (χ1) is 13.9. The number of aromatic nitrogens is 1. The Balaban J connectivity index is 1.80. The van der Waals surface area contributed by atoms with Crippen molar-refractivity contribution in [3.05, 3.63) is 22.3 Å². The molecule has 1 aromatic heterocycles. The zero-order valence-electron chi connectivity index (χ0n) is 15.2. The van der Waals surface area contributed by atoms with E-state index in [2.05, 4.69) is 25.4 Å². The average Bonchev–Trinajstić information content (AvgIpc) is 3.13. The lowest BCUT2D eigenvalue weighted by Crippen LogP contribution is -2.71. The highest BCUT2D eigenvalue weighted by Gasteiger charge is 2.54. The summed E-state index contributed by atoms with van der Waals surface area (Å²) in [6.07, 6.45) is 1.25. The number of thiazole rings is 1. The molecule has 29 heavy (non-hydrogen) atoms. The summed E-state index contributed by atoms with van der Waals surface area (Å²) in [5.41, 5.74) is 5.79. The van der Waals surface area contributed by atoms with Crippen molar-refractivity contribution in [2.45, 2.75) is 11.4 Å². The van der Waals surface area contributed by atoms with Gasteiger partial charge in [-0.2, -0.15) is 0 Å². The maximum atomic E-state index is 12.6. The number of anilines is 1. The molecule has 0 saturated carbocycles. The SMILES string of the molecule is CON=CC1=C(C(=O)O)N2C(=O)C(NC(=O)C(=NOC)c3csc(N)n3)[C@@H]2SC1. The van der Waals surface area contributed by atoms with E-state index in [0.29, 0.717) is 5.57 Å². The molecule has 14 heteroatoms. The van der Waals surface area contributed by atoms with E-state index in [4.69, 9.17) is 10.6 Å². The molecule has 154 valence electrons. The van der Waals surface area contributed by atoms with Gasteiger partial charge in [0.1, 0.15) is 37.0 Å². The minimum absolute atomic E-state index is 0.144. The Morgan fingerprint density at radius 1 is 1.45 bits per heavy atom. The molecule has 4 N–H and O–H groups in total. The number of thioether (sulfide) groups is 1. The molecule has 3 heterocycles. The number of oxime groups is 2. The molecule has 3 rings (SSSR count). The summed E-state index contributed by atoms with van der Waals surface area (Å²) in [5.74, 6) is -2.25. The van der Waals surface area contributed by atoms with Crippen molar-refractivity contribution in [1.29, 1.82) is 0 Å². The molecule has 1 unspecified atom stereocenters. The molecule has 2 amide bonds. The van der Waals surface area contributed by atoms with Crippen molar-refractivity contribution in [2.24, 2.45) is 10.3 Å². The third-order valence-electron chi connectivity index (χ3n) is 3.96. The molecule has 1 fully saturated rings. The van der Waals surface area contributed by atoms with Gasteiger partial charge in [-0.25, -0.2) is 9.78 Å². The second kappa shape index (κ2) is 8.48. The molecule has 2 atom stereocenters. The van der Waals surface area contributed by atoms with Gasteiger partial charge >= 0.3 is 5.97 Å². The number of aliphatic carboxylic acids is 1. The molecule has 0 radical (unpaired) electrons. The summed E-state index contributed by atoms with van der Waals surface area (Å²) in [7, 11) is 2.59. The first-order valence-electron chi connectivity index (χ1n) is 8.00. The van der Waals surface area contributed by atoms with Gasteiger partial charge in [-0.15, -0.1) is 23.1 Å². The minimum atomic E-state index is -1.27. The van der Waals surface area contributed by atoms with Gasteiger partial charge in [0, 0.05) is 16.7 Å². The number of hydrogen-bond donors (Lipinski definition) is 3. The number of nitrogens with one attached hydrogen (secondary N) is 1. The first-order valence-corrected chi connectivity index (χ1v) is 9.92. The highest BCUT2D eigenvalue weighted by atomic mass is 32.2. The maximum Gasteiger partial charge on any atom is 0.353 e. The van der Waals surface area contributed by atoms with Crippen LogP contribution in [-0.4, -0.2) is 76.1 Å². The van der Waals surface area contributed by atoms with Gasteiger partial charge in [-0.3, -0.25) is 14.5 Å². The van der Waals surface area contributed by atoms with E-state index < -0.39 is 29.2 Å². The Bertz CT molecular complexity index is 941. The van der Waals surface area contributed by atoms with Crippen LogP contribution in [-0.2, 0) is 24.1 Å². The van der Waals surface area contributed by atoms with E-state index in [1.54, 1.807) is 0 Å². The van der Waals surface area contributed by atoms with Crippen LogP contribution in [0, 0.1) is 0 Å². The number of carboxylic acids is 1. The van der Waals surface area contributed by atoms with E-state index in [1.165, 1.54) is 37.6 Å². The Labute approximate surface area is 172 Å². The highest BCUT2D eigenvalue weighted by Crippen LogP contribution is 2.39. The standard InChI is InChI=1S/C15H16N6O6S2/c1-26-17-3-6-4-28-13-9(12(23)21(13)10(6)14(24)25)19-11(22)8(20-27-2)7-5-29-15(16)18-7/h3,5,9,13H,4H2,1-2H3,(H2,16,18)(H,19,22)(H,24,25)/t9?,13-/m0/s1. The average molecular weight is 440 g/mol. The van der Waals surface area contributed by atoms with Crippen LogP contribution in [0.2, 0.25) is 0 Å². The van der Waals surface area contributed by atoms with Gasteiger partial charge in [0.05, 0.1) is 6.21 Å². The smallest absolute Gasteiger partial charge is 0.353 e. The van der Waals surface area contributed by atoms with Crippen LogP contribution in [0.1, 0.15) is 5.69 Å². The first kappa shape index (κ1) is 20.6. The minimum Gasteiger partial charge on any atom is -0.477 e. The number of nitrogens with zero attached hydrogens (tertiary/aromatic N) is 4. The van der Waals surface area contributed by atoms with E-state index in [9.17, 15) is 19.5 Å². The number of rotatable bonds is 7. The lowest BCUT2D eigenvalue weighted by molar-refractivity contribution is -0.150. The van der Waals surface area contributed by atoms with Crippen LogP contribution in [0.3, 0.4) is 0 Å². The zero-order valence-corrected chi connectivity index (χ0v) is 16.8. The molecule has 0 bridgehead atoms. The monoisotopic (exact) mass is 440 g/mol. The molecule has 12 nitrogen and oxygen atoms in total.